The number of likely N-dealkylation sites (tertiary alicyclic amines) is 1. The minimum Gasteiger partial charge on any atom is -0.458 e. The van der Waals surface area contributed by atoms with Crippen LogP contribution in [0.5, 0.6) is 11.5 Å². The number of terminal acetylenes is 1. The van der Waals surface area contributed by atoms with Gasteiger partial charge in [0.1, 0.15) is 12.5 Å². The summed E-state index contributed by atoms with van der Waals surface area (Å²) in [7, 11) is 0. The van der Waals surface area contributed by atoms with Gasteiger partial charge in [0.15, 0.2) is 17.3 Å². The lowest BCUT2D eigenvalue weighted by Crippen LogP contribution is -2.23. The Balaban J connectivity index is 1.47. The highest BCUT2D eigenvalue weighted by molar-refractivity contribution is 6.00. The first kappa shape index (κ1) is 15.7. The van der Waals surface area contributed by atoms with Gasteiger partial charge in [-0.05, 0) is 41.9 Å². The van der Waals surface area contributed by atoms with Crippen molar-refractivity contribution in [3.63, 3.8) is 0 Å². The number of ketones is 1. The van der Waals surface area contributed by atoms with E-state index in [-0.39, 0.29) is 5.78 Å². The zero-order chi connectivity index (χ0) is 17.2. The summed E-state index contributed by atoms with van der Waals surface area (Å²) in [6, 6.07) is 9.59. The molecule has 1 saturated heterocycles. The number of Topliss-reactive ketones (excluding diaryl/α,β-unsaturated/α-hetero) is 1. The van der Waals surface area contributed by atoms with Gasteiger partial charge in [-0.25, -0.2) is 0 Å². The van der Waals surface area contributed by atoms with Gasteiger partial charge in [0, 0.05) is 31.0 Å². The van der Waals surface area contributed by atoms with Crippen molar-refractivity contribution in [3.8, 4) is 23.8 Å². The van der Waals surface area contributed by atoms with Crippen LogP contribution in [0, 0.1) is 18.3 Å². The summed E-state index contributed by atoms with van der Waals surface area (Å²) in [5, 5.41) is 1.99. The van der Waals surface area contributed by atoms with Crippen molar-refractivity contribution in [1.82, 2.24) is 4.90 Å². The number of ether oxygens (including phenoxy) is 2. The molecule has 0 bridgehead atoms. The third kappa shape index (κ3) is 3.24. The Morgan fingerprint density at radius 1 is 1.16 bits per heavy atom. The van der Waals surface area contributed by atoms with Gasteiger partial charge in [-0.3, -0.25) is 4.79 Å². The predicted octanol–water partition coefficient (Wildman–Crippen LogP) is 3.61. The molecule has 25 heavy (non-hydrogen) atoms. The summed E-state index contributed by atoms with van der Waals surface area (Å²) in [6.07, 6.45) is 10.0. The summed E-state index contributed by atoms with van der Waals surface area (Å²) >= 11 is 0. The van der Waals surface area contributed by atoms with Crippen LogP contribution in [0.25, 0.3) is 10.8 Å². The van der Waals surface area contributed by atoms with Gasteiger partial charge in [0.05, 0.1) is 0 Å². The monoisotopic (exact) mass is 333 g/mol. The van der Waals surface area contributed by atoms with Crippen molar-refractivity contribution in [1.29, 1.82) is 0 Å². The summed E-state index contributed by atoms with van der Waals surface area (Å²) < 4.78 is 10.9. The second-order valence-electron chi connectivity index (χ2n) is 6.49. The molecule has 1 atom stereocenters. The fourth-order valence-corrected chi connectivity index (χ4v) is 3.39. The molecule has 2 aliphatic rings. The van der Waals surface area contributed by atoms with E-state index in [4.69, 9.17) is 15.9 Å². The van der Waals surface area contributed by atoms with Gasteiger partial charge in [0.2, 0.25) is 0 Å². The number of rotatable bonds is 4. The molecule has 4 rings (SSSR count). The second kappa shape index (κ2) is 6.62. The van der Waals surface area contributed by atoms with Crippen LogP contribution in [-0.2, 0) is 0 Å². The summed E-state index contributed by atoms with van der Waals surface area (Å²) in [4.78, 5) is 14.8. The number of hydrogen-bond acceptors (Lipinski definition) is 4. The molecule has 0 saturated carbocycles. The predicted molar refractivity (Wildman–Crippen MR) is 96.7 cm³/mol. The second-order valence-corrected chi connectivity index (χ2v) is 6.49. The number of hydrogen-bond donors (Lipinski definition) is 0. The van der Waals surface area contributed by atoms with E-state index in [1.165, 1.54) is 12.5 Å². The third-order valence-electron chi connectivity index (χ3n) is 4.83. The Morgan fingerprint density at radius 2 is 1.92 bits per heavy atom. The van der Waals surface area contributed by atoms with Crippen molar-refractivity contribution < 1.29 is 14.3 Å². The van der Waals surface area contributed by atoms with E-state index in [1.807, 2.05) is 30.3 Å². The number of fused-ring (bicyclic) bond motifs is 2. The minimum atomic E-state index is 0.154. The molecule has 2 aliphatic heterocycles. The summed E-state index contributed by atoms with van der Waals surface area (Å²) in [5.41, 5.74) is 0.729. The molecule has 2 aromatic rings. The Morgan fingerprint density at radius 3 is 2.64 bits per heavy atom. The first-order valence-corrected chi connectivity index (χ1v) is 8.51. The fraction of sp³-hybridized carbons (Fsp3) is 0.286. The Hall–Kier alpha value is -2.77. The van der Waals surface area contributed by atoms with Crippen molar-refractivity contribution in [2.24, 2.45) is 5.92 Å². The normalized spacial score (nSPS) is 19.1. The highest BCUT2D eigenvalue weighted by Gasteiger charge is 2.21. The molecule has 0 amide bonds. The van der Waals surface area contributed by atoms with Crippen LogP contribution in [0.1, 0.15) is 23.2 Å². The molecular formula is C21H19NO3. The summed E-state index contributed by atoms with van der Waals surface area (Å²) in [6.45, 7) is 2.65. The van der Waals surface area contributed by atoms with Crippen LogP contribution in [0.15, 0.2) is 42.9 Å². The topological polar surface area (TPSA) is 38.8 Å². The molecule has 126 valence electrons. The Bertz CT molecular complexity index is 894. The van der Waals surface area contributed by atoms with Gasteiger partial charge in [-0.15, -0.1) is 12.3 Å². The largest absolute Gasteiger partial charge is 0.458 e. The lowest BCUT2D eigenvalue weighted by molar-refractivity contribution is 0.0968. The van der Waals surface area contributed by atoms with Gasteiger partial charge in [-0.2, -0.15) is 0 Å². The van der Waals surface area contributed by atoms with E-state index in [9.17, 15) is 4.79 Å². The SMILES string of the molecule is C#CC1CCN(CCC(=O)c2ccc3cc4c(cc3c2)OC=CO4)C1. The molecule has 4 nitrogen and oxygen atoms in total. The number of carbonyl (C=O) groups excluding carboxylic acids is 1. The molecule has 0 N–H and O–H groups in total. The Kier molecular flexibility index (Phi) is 4.17. The number of benzene rings is 2. The van der Waals surface area contributed by atoms with E-state index in [0.29, 0.717) is 23.8 Å². The third-order valence-corrected chi connectivity index (χ3v) is 4.83. The van der Waals surface area contributed by atoms with Crippen LogP contribution in [0.3, 0.4) is 0 Å². The lowest BCUT2D eigenvalue weighted by Gasteiger charge is -2.15. The van der Waals surface area contributed by atoms with E-state index in [2.05, 4.69) is 10.8 Å². The highest BCUT2D eigenvalue weighted by Crippen LogP contribution is 2.35. The molecule has 4 heteroatoms. The molecule has 0 aromatic heterocycles. The van der Waals surface area contributed by atoms with E-state index >= 15 is 0 Å². The molecule has 0 radical (unpaired) electrons. The number of nitrogens with zero attached hydrogens (tertiary/aromatic N) is 1. The smallest absolute Gasteiger partial charge is 0.169 e. The lowest BCUT2D eigenvalue weighted by atomic mass is 10.0. The minimum absolute atomic E-state index is 0.154. The van der Waals surface area contributed by atoms with Gasteiger partial charge in [0.25, 0.3) is 0 Å². The van der Waals surface area contributed by atoms with Crippen LogP contribution in [0.4, 0.5) is 0 Å². The maximum absolute atomic E-state index is 12.6. The molecule has 1 fully saturated rings. The van der Waals surface area contributed by atoms with Gasteiger partial charge >= 0.3 is 0 Å². The maximum Gasteiger partial charge on any atom is 0.169 e. The molecule has 2 heterocycles. The molecule has 1 unspecified atom stereocenters. The molecular weight excluding hydrogens is 314 g/mol. The van der Waals surface area contributed by atoms with Crippen LogP contribution in [0.2, 0.25) is 0 Å². The van der Waals surface area contributed by atoms with Gasteiger partial charge < -0.3 is 14.4 Å². The average Bonchev–Trinajstić information content (AvgIpc) is 3.12. The van der Waals surface area contributed by atoms with Gasteiger partial charge in [-0.1, -0.05) is 12.1 Å². The van der Waals surface area contributed by atoms with E-state index in [1.54, 1.807) is 0 Å². The summed E-state index contributed by atoms with van der Waals surface area (Å²) in [5.74, 6) is 4.64. The van der Waals surface area contributed by atoms with Crippen molar-refractivity contribution in [2.75, 3.05) is 19.6 Å². The number of carbonyl (C=O) groups is 1. The van der Waals surface area contributed by atoms with Crippen LogP contribution < -0.4 is 9.47 Å². The van der Waals surface area contributed by atoms with E-state index in [0.717, 1.165) is 42.4 Å². The average molecular weight is 333 g/mol. The first-order valence-electron chi connectivity index (χ1n) is 8.51. The highest BCUT2D eigenvalue weighted by atomic mass is 16.5. The zero-order valence-corrected chi connectivity index (χ0v) is 13.9. The molecule has 2 aromatic carbocycles. The van der Waals surface area contributed by atoms with E-state index < -0.39 is 0 Å². The molecule has 0 aliphatic carbocycles. The van der Waals surface area contributed by atoms with Crippen molar-refractivity contribution in [3.05, 3.63) is 48.4 Å². The molecule has 0 spiro atoms. The quantitative estimate of drug-likeness (QED) is 0.633. The fourth-order valence-electron chi connectivity index (χ4n) is 3.39. The first-order chi connectivity index (χ1) is 12.2. The maximum atomic E-state index is 12.6. The standard InChI is InChI=1S/C21H19NO3/c1-2-15-5-7-22(14-15)8-6-19(23)17-4-3-16-12-20-21(13-18(16)11-17)25-10-9-24-20/h1,3-4,9-13,15H,5-8,14H2. The van der Waals surface area contributed by atoms with Crippen molar-refractivity contribution >= 4 is 16.6 Å². The van der Waals surface area contributed by atoms with Crippen LogP contribution >= 0.6 is 0 Å². The Labute approximate surface area is 147 Å². The van der Waals surface area contributed by atoms with Crippen LogP contribution in [-0.4, -0.2) is 30.3 Å². The van der Waals surface area contributed by atoms with Crippen molar-refractivity contribution in [2.45, 2.75) is 12.8 Å². The zero-order valence-electron chi connectivity index (χ0n) is 13.9.